The molecule has 19 heavy (non-hydrogen) atoms. The molecule has 0 radical (unpaired) electrons. The van der Waals surface area contributed by atoms with E-state index in [9.17, 15) is 4.79 Å². The van der Waals surface area contributed by atoms with Gasteiger partial charge in [0.1, 0.15) is 5.82 Å². The number of benzene rings is 1. The number of hydrogen-bond acceptors (Lipinski definition) is 3. The largest absolute Gasteiger partial charge is 0.356 e. The van der Waals surface area contributed by atoms with E-state index in [4.69, 9.17) is 4.98 Å². The van der Waals surface area contributed by atoms with Crippen LogP contribution in [0.15, 0.2) is 30.3 Å². The van der Waals surface area contributed by atoms with Crippen molar-refractivity contribution >= 4 is 23.0 Å². The lowest BCUT2D eigenvalue weighted by molar-refractivity contribution is 0.112. The van der Waals surface area contributed by atoms with Crippen molar-refractivity contribution < 1.29 is 4.79 Å². The lowest BCUT2D eigenvalue weighted by Gasteiger charge is -2.32. The molecule has 0 saturated carbocycles. The maximum absolute atomic E-state index is 11.3. The molecule has 0 bridgehead atoms. The van der Waals surface area contributed by atoms with E-state index in [1.807, 2.05) is 30.3 Å². The van der Waals surface area contributed by atoms with Crippen LogP contribution in [0, 0.1) is 5.92 Å². The van der Waals surface area contributed by atoms with Crippen LogP contribution in [0.4, 0.5) is 5.82 Å². The fraction of sp³-hybridized carbons (Fsp3) is 0.375. The van der Waals surface area contributed by atoms with Crippen molar-refractivity contribution in [3.05, 3.63) is 35.9 Å². The standard InChI is InChI=1S/C16H18N2O/c1-12-5-4-8-18(10-12)16-14(11-19)9-13-6-2-3-7-15(13)17-16/h2-3,6-7,9,11-12H,4-5,8,10H2,1H3. The summed E-state index contributed by atoms with van der Waals surface area (Å²) in [5.41, 5.74) is 1.66. The Hall–Kier alpha value is -1.90. The minimum absolute atomic E-state index is 0.668. The number of carbonyl (C=O) groups is 1. The Morgan fingerprint density at radius 2 is 2.21 bits per heavy atom. The number of rotatable bonds is 2. The van der Waals surface area contributed by atoms with E-state index < -0.39 is 0 Å². The fourth-order valence-corrected chi connectivity index (χ4v) is 2.84. The van der Waals surface area contributed by atoms with Crippen LogP contribution in [0.25, 0.3) is 10.9 Å². The van der Waals surface area contributed by atoms with Gasteiger partial charge >= 0.3 is 0 Å². The van der Waals surface area contributed by atoms with Crippen LogP contribution in [0.2, 0.25) is 0 Å². The van der Waals surface area contributed by atoms with Gasteiger partial charge in [0.15, 0.2) is 6.29 Å². The number of para-hydroxylation sites is 1. The molecule has 3 nitrogen and oxygen atoms in total. The van der Waals surface area contributed by atoms with Crippen LogP contribution in [-0.4, -0.2) is 24.4 Å². The number of carbonyl (C=O) groups excluding carboxylic acids is 1. The van der Waals surface area contributed by atoms with Gasteiger partial charge in [-0.1, -0.05) is 25.1 Å². The van der Waals surface area contributed by atoms with Crippen LogP contribution >= 0.6 is 0 Å². The van der Waals surface area contributed by atoms with E-state index in [-0.39, 0.29) is 0 Å². The minimum Gasteiger partial charge on any atom is -0.356 e. The molecule has 1 fully saturated rings. The molecule has 3 rings (SSSR count). The van der Waals surface area contributed by atoms with Crippen LogP contribution in [-0.2, 0) is 0 Å². The van der Waals surface area contributed by atoms with Gasteiger partial charge in [-0.3, -0.25) is 4.79 Å². The first-order chi connectivity index (χ1) is 9.28. The van der Waals surface area contributed by atoms with Crippen LogP contribution in [0.5, 0.6) is 0 Å². The average molecular weight is 254 g/mol. The second kappa shape index (κ2) is 5.00. The third-order valence-corrected chi connectivity index (χ3v) is 3.82. The Balaban J connectivity index is 2.08. The number of aromatic nitrogens is 1. The lowest BCUT2D eigenvalue weighted by atomic mass is 10.00. The maximum Gasteiger partial charge on any atom is 0.153 e. The van der Waals surface area contributed by atoms with Crippen LogP contribution < -0.4 is 4.90 Å². The summed E-state index contributed by atoms with van der Waals surface area (Å²) in [5, 5.41) is 1.03. The summed E-state index contributed by atoms with van der Waals surface area (Å²) in [6.07, 6.45) is 3.36. The quantitative estimate of drug-likeness (QED) is 0.771. The topological polar surface area (TPSA) is 33.2 Å². The first kappa shape index (κ1) is 12.2. The summed E-state index contributed by atoms with van der Waals surface area (Å²) < 4.78 is 0. The first-order valence-corrected chi connectivity index (χ1v) is 6.88. The van der Waals surface area contributed by atoms with Gasteiger partial charge in [0.2, 0.25) is 0 Å². The highest BCUT2D eigenvalue weighted by molar-refractivity contribution is 5.91. The highest BCUT2D eigenvalue weighted by atomic mass is 16.1. The molecule has 1 atom stereocenters. The first-order valence-electron chi connectivity index (χ1n) is 6.88. The molecular weight excluding hydrogens is 236 g/mol. The van der Waals surface area contributed by atoms with Gasteiger partial charge in [0.05, 0.1) is 11.1 Å². The number of nitrogens with zero attached hydrogens (tertiary/aromatic N) is 2. The van der Waals surface area contributed by atoms with Crippen molar-refractivity contribution in [1.82, 2.24) is 4.98 Å². The van der Waals surface area contributed by atoms with E-state index >= 15 is 0 Å². The molecule has 3 heteroatoms. The molecule has 1 unspecified atom stereocenters. The molecule has 1 aromatic carbocycles. The summed E-state index contributed by atoms with van der Waals surface area (Å²) in [5.74, 6) is 1.52. The molecule has 2 aromatic rings. The molecule has 1 aliphatic heterocycles. The summed E-state index contributed by atoms with van der Waals surface area (Å²) >= 11 is 0. The third kappa shape index (κ3) is 2.33. The third-order valence-electron chi connectivity index (χ3n) is 3.82. The van der Waals surface area contributed by atoms with Crippen molar-refractivity contribution in [3.8, 4) is 0 Å². The number of aldehydes is 1. The monoisotopic (exact) mass is 254 g/mol. The van der Waals surface area contributed by atoms with Crippen molar-refractivity contribution in [3.63, 3.8) is 0 Å². The van der Waals surface area contributed by atoms with Gasteiger partial charge in [-0.25, -0.2) is 4.98 Å². The second-order valence-corrected chi connectivity index (χ2v) is 5.41. The SMILES string of the molecule is CC1CCCN(c2nc3ccccc3cc2C=O)C1. The zero-order valence-corrected chi connectivity index (χ0v) is 11.2. The summed E-state index contributed by atoms with van der Waals surface area (Å²) in [6, 6.07) is 9.91. The van der Waals surface area contributed by atoms with Crippen LogP contribution in [0.1, 0.15) is 30.1 Å². The minimum atomic E-state index is 0.668. The highest BCUT2D eigenvalue weighted by Gasteiger charge is 2.20. The molecule has 2 heterocycles. The zero-order valence-electron chi connectivity index (χ0n) is 11.2. The molecule has 1 saturated heterocycles. The molecular formula is C16H18N2O. The summed E-state index contributed by atoms with van der Waals surface area (Å²) in [4.78, 5) is 18.3. The molecule has 0 aliphatic carbocycles. The molecule has 0 spiro atoms. The Kier molecular flexibility index (Phi) is 3.20. The van der Waals surface area contributed by atoms with Gasteiger partial charge in [-0.2, -0.15) is 0 Å². The molecule has 0 amide bonds. The van der Waals surface area contributed by atoms with E-state index in [1.54, 1.807) is 0 Å². The highest BCUT2D eigenvalue weighted by Crippen LogP contribution is 2.26. The van der Waals surface area contributed by atoms with Gasteiger partial charge in [0, 0.05) is 18.5 Å². The van der Waals surface area contributed by atoms with Gasteiger partial charge in [0.25, 0.3) is 0 Å². The normalized spacial score (nSPS) is 19.6. The summed E-state index contributed by atoms with van der Waals surface area (Å²) in [7, 11) is 0. The number of pyridine rings is 1. The Bertz CT molecular complexity index is 609. The average Bonchev–Trinajstić information content (AvgIpc) is 2.46. The Morgan fingerprint density at radius 1 is 1.37 bits per heavy atom. The number of anilines is 1. The van der Waals surface area contributed by atoms with Crippen molar-refractivity contribution in [2.75, 3.05) is 18.0 Å². The van der Waals surface area contributed by atoms with E-state index in [1.165, 1.54) is 12.8 Å². The second-order valence-electron chi connectivity index (χ2n) is 5.41. The predicted molar refractivity (Wildman–Crippen MR) is 77.7 cm³/mol. The van der Waals surface area contributed by atoms with Gasteiger partial charge < -0.3 is 4.90 Å². The molecule has 0 N–H and O–H groups in total. The number of piperidine rings is 1. The van der Waals surface area contributed by atoms with E-state index in [0.717, 1.165) is 36.1 Å². The Morgan fingerprint density at radius 3 is 3.00 bits per heavy atom. The van der Waals surface area contributed by atoms with Crippen molar-refractivity contribution in [2.45, 2.75) is 19.8 Å². The number of hydrogen-bond donors (Lipinski definition) is 0. The van der Waals surface area contributed by atoms with Crippen molar-refractivity contribution in [2.24, 2.45) is 5.92 Å². The number of fused-ring (bicyclic) bond motifs is 1. The zero-order chi connectivity index (χ0) is 13.2. The molecule has 1 aliphatic rings. The lowest BCUT2D eigenvalue weighted by Crippen LogP contribution is -2.35. The van der Waals surface area contributed by atoms with Gasteiger partial charge in [-0.05, 0) is 30.9 Å². The van der Waals surface area contributed by atoms with E-state index in [2.05, 4.69) is 11.8 Å². The smallest absolute Gasteiger partial charge is 0.153 e. The molecule has 1 aromatic heterocycles. The maximum atomic E-state index is 11.3. The van der Waals surface area contributed by atoms with Crippen LogP contribution in [0.3, 0.4) is 0 Å². The molecule has 98 valence electrons. The fourth-order valence-electron chi connectivity index (χ4n) is 2.84. The van der Waals surface area contributed by atoms with E-state index in [0.29, 0.717) is 11.5 Å². The van der Waals surface area contributed by atoms with Gasteiger partial charge in [-0.15, -0.1) is 0 Å². The predicted octanol–water partition coefficient (Wildman–Crippen LogP) is 3.28. The summed E-state index contributed by atoms with van der Waals surface area (Å²) in [6.45, 7) is 4.25. The van der Waals surface area contributed by atoms with Crippen molar-refractivity contribution in [1.29, 1.82) is 0 Å². The Labute approximate surface area is 113 Å².